The van der Waals surface area contributed by atoms with Crippen LogP contribution in [-0.4, -0.2) is 17.2 Å². The Hall–Kier alpha value is -1.09. The Bertz CT molecular complexity index is 280. The van der Waals surface area contributed by atoms with E-state index in [-0.39, 0.29) is 0 Å². The smallest absolute Gasteiger partial charge is 0.212 e. The number of hydrogen-bond donors (Lipinski definition) is 1. The fourth-order valence-corrected chi connectivity index (χ4v) is 1.69. The minimum Gasteiger partial charge on any atom is -0.481 e. The van der Waals surface area contributed by atoms with E-state index in [0.717, 1.165) is 18.4 Å². The lowest BCUT2D eigenvalue weighted by molar-refractivity contribution is 0.103. The maximum absolute atomic E-state index is 10.1. The molecule has 84 valence electrons. The lowest BCUT2D eigenvalue weighted by atomic mass is 9.92. The van der Waals surface area contributed by atoms with Crippen molar-refractivity contribution in [2.45, 2.75) is 32.8 Å². The Labute approximate surface area is 91.1 Å². The van der Waals surface area contributed by atoms with Gasteiger partial charge in [-0.25, -0.2) is 4.98 Å². The first kappa shape index (κ1) is 12.0. The average molecular weight is 209 g/mol. The molecule has 1 aromatic rings. The number of aliphatic hydroxyl groups excluding tert-OH is 1. The molecule has 0 aliphatic rings. The van der Waals surface area contributed by atoms with Crippen LogP contribution in [0.1, 0.15) is 38.4 Å². The second kappa shape index (κ2) is 5.71. The summed E-state index contributed by atoms with van der Waals surface area (Å²) in [6, 6.07) is 3.65. The standard InChI is InChI=1S/C12H19NO2/c1-4-9(5-2)12(14)10-6-7-11(15-3)13-8-10/h6-9,12,14H,4-5H2,1-3H3. The maximum Gasteiger partial charge on any atom is 0.212 e. The molecule has 0 fully saturated rings. The molecule has 0 aromatic carbocycles. The molecule has 0 aliphatic carbocycles. The molecule has 1 unspecified atom stereocenters. The van der Waals surface area contributed by atoms with E-state index in [9.17, 15) is 5.11 Å². The van der Waals surface area contributed by atoms with Crippen molar-refractivity contribution < 1.29 is 9.84 Å². The van der Waals surface area contributed by atoms with Gasteiger partial charge in [-0.3, -0.25) is 0 Å². The van der Waals surface area contributed by atoms with Crippen molar-refractivity contribution in [2.24, 2.45) is 5.92 Å². The molecule has 1 heterocycles. The van der Waals surface area contributed by atoms with Crippen LogP contribution in [0.3, 0.4) is 0 Å². The highest BCUT2D eigenvalue weighted by atomic mass is 16.5. The van der Waals surface area contributed by atoms with Crippen LogP contribution in [0, 0.1) is 5.92 Å². The number of pyridine rings is 1. The van der Waals surface area contributed by atoms with Crippen molar-refractivity contribution in [2.75, 3.05) is 7.11 Å². The molecule has 0 spiro atoms. The quantitative estimate of drug-likeness (QED) is 0.810. The van der Waals surface area contributed by atoms with Crippen LogP contribution in [0.15, 0.2) is 18.3 Å². The highest BCUT2D eigenvalue weighted by Gasteiger charge is 2.17. The number of aliphatic hydroxyl groups is 1. The van der Waals surface area contributed by atoms with Gasteiger partial charge < -0.3 is 9.84 Å². The minimum absolute atomic E-state index is 0.306. The predicted octanol–water partition coefficient (Wildman–Crippen LogP) is 2.56. The second-order valence-corrected chi connectivity index (χ2v) is 3.66. The lowest BCUT2D eigenvalue weighted by Gasteiger charge is -2.19. The summed E-state index contributed by atoms with van der Waals surface area (Å²) in [6.07, 6.45) is 3.22. The third-order valence-corrected chi connectivity index (χ3v) is 2.81. The van der Waals surface area contributed by atoms with E-state index < -0.39 is 6.10 Å². The van der Waals surface area contributed by atoms with Crippen molar-refractivity contribution in [1.29, 1.82) is 0 Å². The summed E-state index contributed by atoms with van der Waals surface area (Å²) in [6.45, 7) is 4.18. The normalized spacial score (nSPS) is 12.9. The number of hydrogen-bond acceptors (Lipinski definition) is 3. The van der Waals surface area contributed by atoms with Gasteiger partial charge in [0.2, 0.25) is 5.88 Å². The van der Waals surface area contributed by atoms with E-state index >= 15 is 0 Å². The Balaban J connectivity index is 2.76. The van der Waals surface area contributed by atoms with E-state index in [4.69, 9.17) is 4.74 Å². The molecule has 0 saturated carbocycles. The van der Waals surface area contributed by atoms with Gasteiger partial charge in [0.25, 0.3) is 0 Å². The number of aromatic nitrogens is 1. The Morgan fingerprint density at radius 3 is 2.40 bits per heavy atom. The fourth-order valence-electron chi connectivity index (χ4n) is 1.69. The zero-order valence-corrected chi connectivity index (χ0v) is 9.60. The van der Waals surface area contributed by atoms with E-state index in [0.29, 0.717) is 11.8 Å². The zero-order chi connectivity index (χ0) is 11.3. The molecule has 15 heavy (non-hydrogen) atoms. The van der Waals surface area contributed by atoms with E-state index in [1.807, 2.05) is 6.07 Å². The predicted molar refractivity (Wildman–Crippen MR) is 59.8 cm³/mol. The summed E-state index contributed by atoms with van der Waals surface area (Å²) in [5.74, 6) is 0.885. The number of methoxy groups -OCH3 is 1. The molecule has 3 nitrogen and oxygen atoms in total. The van der Waals surface area contributed by atoms with Gasteiger partial charge in [-0.15, -0.1) is 0 Å². The molecular weight excluding hydrogens is 190 g/mol. The van der Waals surface area contributed by atoms with E-state index in [1.165, 1.54) is 0 Å². The van der Waals surface area contributed by atoms with Crippen molar-refractivity contribution in [3.63, 3.8) is 0 Å². The number of nitrogens with zero attached hydrogens (tertiary/aromatic N) is 1. The monoisotopic (exact) mass is 209 g/mol. The van der Waals surface area contributed by atoms with Crippen LogP contribution in [0.5, 0.6) is 5.88 Å². The summed E-state index contributed by atoms with van der Waals surface area (Å²) in [5.41, 5.74) is 0.865. The van der Waals surface area contributed by atoms with Crippen LogP contribution in [-0.2, 0) is 0 Å². The fraction of sp³-hybridized carbons (Fsp3) is 0.583. The maximum atomic E-state index is 10.1. The molecule has 0 radical (unpaired) electrons. The van der Waals surface area contributed by atoms with Gasteiger partial charge in [0, 0.05) is 12.3 Å². The van der Waals surface area contributed by atoms with Crippen molar-refractivity contribution in [1.82, 2.24) is 4.98 Å². The van der Waals surface area contributed by atoms with Gasteiger partial charge in [0.15, 0.2) is 0 Å². The van der Waals surface area contributed by atoms with Crippen molar-refractivity contribution in [3.8, 4) is 5.88 Å². The zero-order valence-electron chi connectivity index (χ0n) is 9.60. The molecule has 1 N–H and O–H groups in total. The third-order valence-electron chi connectivity index (χ3n) is 2.81. The van der Waals surface area contributed by atoms with Crippen LogP contribution in [0.2, 0.25) is 0 Å². The summed E-state index contributed by atoms with van der Waals surface area (Å²) in [4.78, 5) is 4.09. The van der Waals surface area contributed by atoms with Gasteiger partial charge in [-0.05, 0) is 17.5 Å². The Kier molecular flexibility index (Phi) is 4.56. The molecule has 1 atom stereocenters. The van der Waals surface area contributed by atoms with E-state index in [2.05, 4.69) is 18.8 Å². The SMILES string of the molecule is CCC(CC)C(O)c1ccc(OC)nc1. The van der Waals surface area contributed by atoms with Gasteiger partial charge >= 0.3 is 0 Å². The van der Waals surface area contributed by atoms with Gasteiger partial charge in [0.05, 0.1) is 13.2 Å². The van der Waals surface area contributed by atoms with Crippen molar-refractivity contribution >= 4 is 0 Å². The van der Waals surface area contributed by atoms with Crippen LogP contribution in [0.4, 0.5) is 0 Å². The molecule has 1 aromatic heterocycles. The minimum atomic E-state index is -0.418. The van der Waals surface area contributed by atoms with Crippen molar-refractivity contribution in [3.05, 3.63) is 23.9 Å². The second-order valence-electron chi connectivity index (χ2n) is 3.66. The molecule has 0 bridgehead atoms. The molecule has 0 aliphatic heterocycles. The molecule has 3 heteroatoms. The van der Waals surface area contributed by atoms with E-state index in [1.54, 1.807) is 19.4 Å². The van der Waals surface area contributed by atoms with Gasteiger partial charge in [0.1, 0.15) is 0 Å². The Morgan fingerprint density at radius 2 is 2.00 bits per heavy atom. The summed E-state index contributed by atoms with van der Waals surface area (Å²) in [5, 5.41) is 10.1. The topological polar surface area (TPSA) is 42.4 Å². The van der Waals surface area contributed by atoms with Crippen LogP contribution >= 0.6 is 0 Å². The summed E-state index contributed by atoms with van der Waals surface area (Å²) < 4.78 is 4.97. The molecule has 0 amide bonds. The highest BCUT2D eigenvalue weighted by Crippen LogP contribution is 2.27. The summed E-state index contributed by atoms with van der Waals surface area (Å²) >= 11 is 0. The molecular formula is C12H19NO2. The van der Waals surface area contributed by atoms with Crippen LogP contribution in [0.25, 0.3) is 0 Å². The summed E-state index contributed by atoms with van der Waals surface area (Å²) in [7, 11) is 1.58. The molecule has 0 saturated heterocycles. The number of ether oxygens (including phenoxy) is 1. The number of rotatable bonds is 5. The van der Waals surface area contributed by atoms with Crippen LogP contribution < -0.4 is 4.74 Å². The average Bonchev–Trinajstić information content (AvgIpc) is 2.30. The first-order valence-electron chi connectivity index (χ1n) is 5.40. The molecule has 1 rings (SSSR count). The van der Waals surface area contributed by atoms with Gasteiger partial charge in [-0.1, -0.05) is 26.7 Å². The first-order valence-corrected chi connectivity index (χ1v) is 5.40. The third kappa shape index (κ3) is 2.93. The van der Waals surface area contributed by atoms with Gasteiger partial charge in [-0.2, -0.15) is 0 Å². The lowest BCUT2D eigenvalue weighted by Crippen LogP contribution is -2.11. The first-order chi connectivity index (χ1) is 7.22. The largest absolute Gasteiger partial charge is 0.481 e. The highest BCUT2D eigenvalue weighted by molar-refractivity contribution is 5.20. The Morgan fingerprint density at radius 1 is 1.33 bits per heavy atom.